The van der Waals surface area contributed by atoms with Crippen molar-refractivity contribution in [1.29, 1.82) is 0 Å². The lowest BCUT2D eigenvalue weighted by Gasteiger charge is -2.37. The van der Waals surface area contributed by atoms with Crippen LogP contribution < -0.4 is 4.90 Å². The van der Waals surface area contributed by atoms with Crippen molar-refractivity contribution in [2.45, 2.75) is 58.4 Å². The summed E-state index contributed by atoms with van der Waals surface area (Å²) in [6, 6.07) is 0.865. The van der Waals surface area contributed by atoms with Crippen LogP contribution in [0.15, 0.2) is 0 Å². The van der Waals surface area contributed by atoms with Crippen LogP contribution in [0.2, 0.25) is 0 Å². The van der Waals surface area contributed by atoms with E-state index in [-0.39, 0.29) is 11.9 Å². The summed E-state index contributed by atoms with van der Waals surface area (Å²) in [5, 5.41) is 0. The summed E-state index contributed by atoms with van der Waals surface area (Å²) in [4.78, 5) is 13.4. The van der Waals surface area contributed by atoms with Crippen molar-refractivity contribution in [3.63, 3.8) is 0 Å². The van der Waals surface area contributed by atoms with Crippen molar-refractivity contribution in [2.24, 2.45) is 11.8 Å². The molecule has 0 aromatic rings. The maximum absolute atomic E-state index is 11.7. The SMILES string of the molecule is CCOC(=O)C1CC[NH+](C2CCC(C)CC2)CC1. The van der Waals surface area contributed by atoms with Crippen LogP contribution in [0.5, 0.6) is 0 Å². The van der Waals surface area contributed by atoms with E-state index in [4.69, 9.17) is 4.74 Å². The Labute approximate surface area is 111 Å². The Morgan fingerprint density at radius 1 is 1.11 bits per heavy atom. The zero-order valence-corrected chi connectivity index (χ0v) is 11.9. The van der Waals surface area contributed by atoms with Crippen molar-refractivity contribution >= 4 is 5.97 Å². The van der Waals surface area contributed by atoms with Gasteiger partial charge in [-0.2, -0.15) is 0 Å². The van der Waals surface area contributed by atoms with E-state index >= 15 is 0 Å². The lowest BCUT2D eigenvalue weighted by atomic mass is 9.85. The molecule has 2 aliphatic rings. The van der Waals surface area contributed by atoms with Gasteiger partial charge in [0.15, 0.2) is 0 Å². The molecule has 3 nitrogen and oxygen atoms in total. The second-order valence-electron chi connectivity index (χ2n) is 6.14. The van der Waals surface area contributed by atoms with Gasteiger partial charge in [-0.15, -0.1) is 0 Å². The van der Waals surface area contributed by atoms with Crippen LogP contribution in [-0.2, 0) is 9.53 Å². The second kappa shape index (κ2) is 6.55. The summed E-state index contributed by atoms with van der Waals surface area (Å²) in [5.41, 5.74) is 0. The molecule has 0 radical (unpaired) electrons. The van der Waals surface area contributed by atoms with E-state index in [2.05, 4.69) is 6.92 Å². The molecule has 1 aliphatic carbocycles. The molecule has 1 N–H and O–H groups in total. The lowest BCUT2D eigenvalue weighted by molar-refractivity contribution is -0.932. The van der Waals surface area contributed by atoms with E-state index in [1.807, 2.05) is 6.92 Å². The minimum Gasteiger partial charge on any atom is -0.466 e. The highest BCUT2D eigenvalue weighted by molar-refractivity contribution is 5.72. The lowest BCUT2D eigenvalue weighted by Crippen LogP contribution is -3.16. The summed E-state index contributed by atoms with van der Waals surface area (Å²) in [5.74, 6) is 1.14. The van der Waals surface area contributed by atoms with E-state index in [1.165, 1.54) is 38.8 Å². The normalized spacial score (nSPS) is 37.2. The smallest absolute Gasteiger partial charge is 0.309 e. The highest BCUT2D eigenvalue weighted by atomic mass is 16.5. The Morgan fingerprint density at radius 3 is 2.28 bits per heavy atom. The maximum Gasteiger partial charge on any atom is 0.309 e. The highest BCUT2D eigenvalue weighted by Crippen LogP contribution is 2.23. The standard InChI is InChI=1S/C15H27NO2/c1-3-18-15(17)13-8-10-16(11-9-13)14-6-4-12(2)5-7-14/h12-14H,3-11H2,1-2H3/p+1. The van der Waals surface area contributed by atoms with Crippen LogP contribution >= 0.6 is 0 Å². The van der Waals surface area contributed by atoms with E-state index in [1.54, 1.807) is 4.90 Å². The maximum atomic E-state index is 11.7. The van der Waals surface area contributed by atoms with Crippen LogP contribution in [0.25, 0.3) is 0 Å². The first-order valence-electron chi connectivity index (χ1n) is 7.72. The number of carbonyl (C=O) groups is 1. The fraction of sp³-hybridized carbons (Fsp3) is 0.933. The Bertz CT molecular complexity index is 264. The third-order valence-electron chi connectivity index (χ3n) is 4.84. The van der Waals surface area contributed by atoms with Crippen LogP contribution in [0, 0.1) is 11.8 Å². The number of hydrogen-bond acceptors (Lipinski definition) is 2. The molecule has 0 atom stereocenters. The van der Waals surface area contributed by atoms with Gasteiger partial charge >= 0.3 is 5.97 Å². The van der Waals surface area contributed by atoms with Crippen LogP contribution in [-0.4, -0.2) is 31.7 Å². The molecule has 1 saturated heterocycles. The molecule has 0 amide bonds. The van der Waals surface area contributed by atoms with E-state index < -0.39 is 0 Å². The molecule has 1 heterocycles. The molecular weight excluding hydrogens is 226 g/mol. The minimum absolute atomic E-state index is 0.0359. The predicted molar refractivity (Wildman–Crippen MR) is 71.5 cm³/mol. The summed E-state index contributed by atoms with van der Waals surface area (Å²) in [6.45, 7) is 7.12. The molecule has 2 fully saturated rings. The quantitative estimate of drug-likeness (QED) is 0.772. The molecule has 1 aliphatic heterocycles. The average molecular weight is 254 g/mol. The topological polar surface area (TPSA) is 30.7 Å². The van der Waals surface area contributed by atoms with Gasteiger partial charge in [0.05, 0.1) is 31.7 Å². The molecule has 0 aromatic carbocycles. The number of carbonyl (C=O) groups excluding carboxylic acids is 1. The molecule has 104 valence electrons. The summed E-state index contributed by atoms with van der Waals surface area (Å²) >= 11 is 0. The molecule has 1 saturated carbocycles. The van der Waals surface area contributed by atoms with Gasteiger partial charge in [0.1, 0.15) is 0 Å². The number of esters is 1. The van der Waals surface area contributed by atoms with Gasteiger partial charge in [0.25, 0.3) is 0 Å². The summed E-state index contributed by atoms with van der Waals surface area (Å²) in [7, 11) is 0. The third-order valence-corrected chi connectivity index (χ3v) is 4.84. The van der Waals surface area contributed by atoms with Gasteiger partial charge in [-0.25, -0.2) is 0 Å². The molecule has 2 rings (SSSR count). The average Bonchev–Trinajstić information content (AvgIpc) is 2.40. The van der Waals surface area contributed by atoms with Crippen LogP contribution in [0.1, 0.15) is 52.4 Å². The van der Waals surface area contributed by atoms with Gasteiger partial charge in [-0.1, -0.05) is 6.92 Å². The number of ether oxygens (including phenoxy) is 1. The van der Waals surface area contributed by atoms with Crippen molar-refractivity contribution in [1.82, 2.24) is 0 Å². The van der Waals surface area contributed by atoms with Gasteiger partial charge in [-0.05, 0) is 38.5 Å². The van der Waals surface area contributed by atoms with E-state index in [9.17, 15) is 4.79 Å². The van der Waals surface area contributed by atoms with Crippen molar-refractivity contribution in [2.75, 3.05) is 19.7 Å². The Hall–Kier alpha value is -0.570. The van der Waals surface area contributed by atoms with Gasteiger partial charge < -0.3 is 9.64 Å². The first-order chi connectivity index (χ1) is 8.70. The zero-order chi connectivity index (χ0) is 13.0. The van der Waals surface area contributed by atoms with Crippen molar-refractivity contribution in [3.8, 4) is 0 Å². The minimum atomic E-state index is 0.0359. The fourth-order valence-electron chi connectivity index (χ4n) is 3.56. The third kappa shape index (κ3) is 3.47. The van der Waals surface area contributed by atoms with E-state index in [0.717, 1.165) is 24.8 Å². The second-order valence-corrected chi connectivity index (χ2v) is 6.14. The molecule has 0 bridgehead atoms. The molecule has 0 spiro atoms. The summed E-state index contributed by atoms with van der Waals surface area (Å²) in [6.07, 6.45) is 7.63. The first kappa shape index (κ1) is 13.9. The number of hydrogen-bond donors (Lipinski definition) is 1. The van der Waals surface area contributed by atoms with Crippen LogP contribution in [0.4, 0.5) is 0 Å². The Morgan fingerprint density at radius 2 is 1.72 bits per heavy atom. The highest BCUT2D eigenvalue weighted by Gasteiger charge is 2.33. The van der Waals surface area contributed by atoms with Crippen molar-refractivity contribution < 1.29 is 14.4 Å². The van der Waals surface area contributed by atoms with Gasteiger partial charge in [0, 0.05) is 12.8 Å². The van der Waals surface area contributed by atoms with Gasteiger partial charge in [-0.3, -0.25) is 4.79 Å². The first-order valence-corrected chi connectivity index (χ1v) is 7.72. The molecule has 0 aromatic heterocycles. The number of rotatable bonds is 3. The van der Waals surface area contributed by atoms with Crippen molar-refractivity contribution in [3.05, 3.63) is 0 Å². The predicted octanol–water partition coefficient (Wildman–Crippen LogP) is 1.42. The zero-order valence-electron chi connectivity index (χ0n) is 11.9. The summed E-state index contributed by atoms with van der Waals surface area (Å²) < 4.78 is 5.13. The molecule has 18 heavy (non-hydrogen) atoms. The fourth-order valence-corrected chi connectivity index (χ4v) is 3.56. The van der Waals surface area contributed by atoms with Crippen LogP contribution in [0.3, 0.4) is 0 Å². The monoisotopic (exact) mass is 254 g/mol. The number of piperidine rings is 1. The number of likely N-dealkylation sites (tertiary alicyclic amines) is 1. The Balaban J connectivity index is 1.74. The molecular formula is C15H28NO2+. The Kier molecular flexibility index (Phi) is 5.04. The number of quaternary nitrogens is 1. The number of nitrogens with one attached hydrogen (secondary N) is 1. The molecule has 0 unspecified atom stereocenters. The molecule has 3 heteroatoms. The van der Waals surface area contributed by atoms with E-state index in [0.29, 0.717) is 6.61 Å². The van der Waals surface area contributed by atoms with Gasteiger partial charge in [0.2, 0.25) is 0 Å². The largest absolute Gasteiger partial charge is 0.466 e.